The van der Waals surface area contributed by atoms with E-state index in [9.17, 15) is 4.79 Å². The number of rotatable bonds is 4. The van der Waals surface area contributed by atoms with E-state index >= 15 is 0 Å². The quantitative estimate of drug-likeness (QED) is 0.785. The van der Waals surface area contributed by atoms with Gasteiger partial charge in [-0.05, 0) is 43.9 Å². The summed E-state index contributed by atoms with van der Waals surface area (Å²) >= 11 is 0. The van der Waals surface area contributed by atoms with Crippen molar-refractivity contribution in [2.24, 2.45) is 0 Å². The fourth-order valence-electron chi connectivity index (χ4n) is 3.52. The fourth-order valence-corrected chi connectivity index (χ4v) is 3.52. The molecule has 0 saturated carbocycles. The highest BCUT2D eigenvalue weighted by Gasteiger charge is 2.34. The number of H-pyrrole nitrogens is 1. The van der Waals surface area contributed by atoms with Gasteiger partial charge in [-0.25, -0.2) is 4.98 Å². The van der Waals surface area contributed by atoms with Gasteiger partial charge in [0.05, 0.1) is 17.1 Å². The zero-order chi connectivity index (χ0) is 17.4. The summed E-state index contributed by atoms with van der Waals surface area (Å²) in [7, 11) is 0. The summed E-state index contributed by atoms with van der Waals surface area (Å²) in [4.78, 5) is 22.8. The van der Waals surface area contributed by atoms with Crippen LogP contribution in [0.4, 0.5) is 0 Å². The van der Waals surface area contributed by atoms with E-state index in [0.29, 0.717) is 5.69 Å². The number of aromatic amines is 1. The highest BCUT2D eigenvalue weighted by atomic mass is 16.5. The average Bonchev–Trinajstić information content (AvgIpc) is 3.32. The lowest BCUT2D eigenvalue weighted by Gasteiger charge is -2.21. The summed E-state index contributed by atoms with van der Waals surface area (Å²) < 4.78 is 5.27. The van der Waals surface area contributed by atoms with E-state index in [1.807, 2.05) is 11.0 Å². The van der Waals surface area contributed by atoms with Crippen LogP contribution in [0.5, 0.6) is 0 Å². The summed E-state index contributed by atoms with van der Waals surface area (Å²) in [6.45, 7) is 4.85. The fraction of sp³-hybridized carbons (Fsp3) is 0.421. The minimum atomic E-state index is -0.0785. The van der Waals surface area contributed by atoms with Gasteiger partial charge in [-0.1, -0.05) is 18.1 Å². The van der Waals surface area contributed by atoms with Gasteiger partial charge in [-0.2, -0.15) is 0 Å². The topological polar surface area (TPSA) is 75.0 Å². The van der Waals surface area contributed by atoms with Gasteiger partial charge < -0.3 is 14.4 Å². The molecule has 2 aromatic heterocycles. The molecule has 0 spiro atoms. The van der Waals surface area contributed by atoms with Gasteiger partial charge in [0.1, 0.15) is 11.6 Å². The average molecular weight is 338 g/mol. The molecular formula is C19H22N4O2. The molecule has 0 bridgehead atoms. The number of nitrogens with zero attached hydrogens (tertiary/aromatic N) is 3. The molecule has 1 unspecified atom stereocenters. The van der Waals surface area contributed by atoms with Crippen molar-refractivity contribution in [3.63, 3.8) is 0 Å². The molecule has 1 saturated heterocycles. The van der Waals surface area contributed by atoms with Crippen LogP contribution in [0, 0.1) is 6.92 Å². The molecule has 6 nitrogen and oxygen atoms in total. The minimum Gasteiger partial charge on any atom is -0.361 e. The Kier molecular flexibility index (Phi) is 4.03. The summed E-state index contributed by atoms with van der Waals surface area (Å²) in [5.74, 6) is 1.54. The molecule has 1 amide bonds. The summed E-state index contributed by atoms with van der Waals surface area (Å²) in [5, 5.41) is 3.96. The Morgan fingerprint density at radius 1 is 1.40 bits per heavy atom. The standard InChI is InChI=1S/C19H22N4O2/c1-3-5-13-11-16(22-25-13)19(24)23-9-4-6-17(23)18-20-14-8-7-12(2)10-15(14)21-18/h7-8,10-11,17H,3-6,9H2,1-2H3,(H,20,21). The van der Waals surface area contributed by atoms with E-state index in [-0.39, 0.29) is 11.9 Å². The van der Waals surface area contributed by atoms with Crippen molar-refractivity contribution in [3.05, 3.63) is 47.1 Å². The lowest BCUT2D eigenvalue weighted by Crippen LogP contribution is -2.31. The van der Waals surface area contributed by atoms with E-state index in [0.717, 1.165) is 54.8 Å². The van der Waals surface area contributed by atoms with Crippen LogP contribution in [0.1, 0.15) is 59.9 Å². The number of aryl methyl sites for hydroxylation is 2. The minimum absolute atomic E-state index is 0.0356. The van der Waals surface area contributed by atoms with Gasteiger partial charge in [-0.3, -0.25) is 4.79 Å². The molecule has 0 aliphatic carbocycles. The molecule has 1 fully saturated rings. The Labute approximate surface area is 146 Å². The molecule has 0 radical (unpaired) electrons. The number of imidazole rings is 1. The number of aromatic nitrogens is 3. The van der Waals surface area contributed by atoms with Gasteiger partial charge >= 0.3 is 0 Å². The molecule has 1 N–H and O–H groups in total. The molecule has 4 rings (SSSR count). The Morgan fingerprint density at radius 3 is 3.12 bits per heavy atom. The third kappa shape index (κ3) is 2.92. The van der Waals surface area contributed by atoms with Crippen molar-refractivity contribution < 1.29 is 9.32 Å². The first-order valence-corrected chi connectivity index (χ1v) is 8.88. The van der Waals surface area contributed by atoms with Crippen molar-refractivity contribution in [1.29, 1.82) is 0 Å². The third-order valence-corrected chi connectivity index (χ3v) is 4.76. The molecule has 1 aromatic carbocycles. The lowest BCUT2D eigenvalue weighted by molar-refractivity contribution is 0.0720. The van der Waals surface area contributed by atoms with Crippen LogP contribution < -0.4 is 0 Å². The van der Waals surface area contributed by atoms with E-state index in [1.54, 1.807) is 6.07 Å². The molecule has 1 aliphatic heterocycles. The molecule has 1 aliphatic rings. The highest BCUT2D eigenvalue weighted by molar-refractivity contribution is 5.92. The predicted octanol–water partition coefficient (Wildman–Crippen LogP) is 3.79. The Balaban J connectivity index is 1.61. The SMILES string of the molecule is CCCc1cc(C(=O)N2CCCC2c2nc3ccc(C)cc3[nH]2)no1. The number of hydrogen-bond acceptors (Lipinski definition) is 4. The molecule has 6 heteroatoms. The first kappa shape index (κ1) is 15.9. The Bertz CT molecular complexity index is 911. The van der Waals surface area contributed by atoms with Crippen molar-refractivity contribution in [3.8, 4) is 0 Å². The molecule has 25 heavy (non-hydrogen) atoms. The van der Waals surface area contributed by atoms with E-state index in [2.05, 4.69) is 36.1 Å². The number of likely N-dealkylation sites (tertiary alicyclic amines) is 1. The van der Waals surface area contributed by atoms with Gasteiger partial charge in [-0.15, -0.1) is 0 Å². The van der Waals surface area contributed by atoms with Crippen LogP contribution in [0.3, 0.4) is 0 Å². The third-order valence-electron chi connectivity index (χ3n) is 4.76. The second kappa shape index (κ2) is 6.35. The number of benzene rings is 1. The van der Waals surface area contributed by atoms with Crippen LogP contribution in [0.2, 0.25) is 0 Å². The lowest BCUT2D eigenvalue weighted by atomic mass is 10.2. The highest BCUT2D eigenvalue weighted by Crippen LogP contribution is 2.32. The number of fused-ring (bicyclic) bond motifs is 1. The van der Waals surface area contributed by atoms with Gasteiger partial charge in [0.15, 0.2) is 5.69 Å². The summed E-state index contributed by atoms with van der Waals surface area (Å²) in [6, 6.07) is 7.88. The zero-order valence-corrected chi connectivity index (χ0v) is 14.6. The van der Waals surface area contributed by atoms with Crippen molar-refractivity contribution in [2.45, 2.75) is 45.6 Å². The number of hydrogen-bond donors (Lipinski definition) is 1. The number of carbonyl (C=O) groups excluding carboxylic acids is 1. The van der Waals surface area contributed by atoms with Crippen LogP contribution in [0.25, 0.3) is 11.0 Å². The zero-order valence-electron chi connectivity index (χ0n) is 14.6. The maximum atomic E-state index is 12.9. The first-order chi connectivity index (χ1) is 12.2. The molecule has 130 valence electrons. The molecule has 3 aromatic rings. The molecular weight excluding hydrogens is 316 g/mol. The van der Waals surface area contributed by atoms with Crippen LogP contribution in [0.15, 0.2) is 28.8 Å². The van der Waals surface area contributed by atoms with E-state index in [4.69, 9.17) is 9.51 Å². The van der Waals surface area contributed by atoms with E-state index < -0.39 is 0 Å². The van der Waals surface area contributed by atoms with Crippen molar-refractivity contribution >= 4 is 16.9 Å². The Hall–Kier alpha value is -2.63. The molecule has 1 atom stereocenters. The maximum Gasteiger partial charge on any atom is 0.276 e. The van der Waals surface area contributed by atoms with Crippen LogP contribution in [-0.4, -0.2) is 32.5 Å². The van der Waals surface area contributed by atoms with Gasteiger partial charge in [0.2, 0.25) is 0 Å². The number of carbonyl (C=O) groups is 1. The second-order valence-corrected chi connectivity index (χ2v) is 6.73. The largest absolute Gasteiger partial charge is 0.361 e. The first-order valence-electron chi connectivity index (χ1n) is 8.88. The summed E-state index contributed by atoms with van der Waals surface area (Å²) in [5.41, 5.74) is 3.53. The van der Waals surface area contributed by atoms with Gasteiger partial charge in [0, 0.05) is 19.0 Å². The normalized spacial score (nSPS) is 17.5. The van der Waals surface area contributed by atoms with Crippen LogP contribution in [-0.2, 0) is 6.42 Å². The van der Waals surface area contributed by atoms with E-state index in [1.165, 1.54) is 5.56 Å². The number of nitrogens with one attached hydrogen (secondary N) is 1. The molecule has 3 heterocycles. The monoisotopic (exact) mass is 338 g/mol. The number of amides is 1. The van der Waals surface area contributed by atoms with Crippen LogP contribution >= 0.6 is 0 Å². The predicted molar refractivity (Wildman–Crippen MR) is 94.3 cm³/mol. The maximum absolute atomic E-state index is 12.9. The second-order valence-electron chi connectivity index (χ2n) is 6.73. The van der Waals surface area contributed by atoms with Gasteiger partial charge in [0.25, 0.3) is 5.91 Å². The van der Waals surface area contributed by atoms with Crippen molar-refractivity contribution in [1.82, 2.24) is 20.0 Å². The van der Waals surface area contributed by atoms with Crippen molar-refractivity contribution in [2.75, 3.05) is 6.54 Å². The Morgan fingerprint density at radius 2 is 2.28 bits per heavy atom. The smallest absolute Gasteiger partial charge is 0.276 e. The summed E-state index contributed by atoms with van der Waals surface area (Å²) in [6.07, 6.45) is 3.64.